The summed E-state index contributed by atoms with van der Waals surface area (Å²) in [6.07, 6.45) is 5.42. The molecule has 1 saturated carbocycles. The molecule has 0 amide bonds. The van der Waals surface area contributed by atoms with E-state index in [0.29, 0.717) is 12.6 Å². The Morgan fingerprint density at radius 1 is 1.16 bits per heavy atom. The molecule has 1 aliphatic carbocycles. The Labute approximate surface area is 151 Å². The summed E-state index contributed by atoms with van der Waals surface area (Å²) in [7, 11) is 0. The minimum Gasteiger partial charge on any atom is -0.388 e. The van der Waals surface area contributed by atoms with Crippen LogP contribution in [0.4, 0.5) is 0 Å². The number of hydrogen-bond donors (Lipinski definition) is 3. The Bertz CT molecular complexity index is 550. The van der Waals surface area contributed by atoms with E-state index in [4.69, 9.17) is 0 Å². The van der Waals surface area contributed by atoms with Crippen LogP contribution in [0.25, 0.3) is 0 Å². The SMILES string of the molecule is CCNC(=NCC1(O)CCC1)NCC(c1ccccc1)N1CCCC1. The number of rotatable bonds is 7. The highest BCUT2D eigenvalue weighted by atomic mass is 16.3. The van der Waals surface area contributed by atoms with E-state index in [-0.39, 0.29) is 0 Å². The molecule has 2 aliphatic rings. The molecule has 0 spiro atoms. The summed E-state index contributed by atoms with van der Waals surface area (Å²) in [6.45, 7) is 6.54. The normalized spacial score (nSPS) is 21.6. The van der Waals surface area contributed by atoms with Gasteiger partial charge in [-0.15, -0.1) is 0 Å². The Hall–Kier alpha value is -1.59. The van der Waals surface area contributed by atoms with Crippen LogP contribution in [-0.2, 0) is 0 Å². The number of aliphatic imine (C=N–C) groups is 1. The molecule has 5 nitrogen and oxygen atoms in total. The van der Waals surface area contributed by atoms with Gasteiger partial charge in [-0.25, -0.2) is 0 Å². The number of hydrogen-bond acceptors (Lipinski definition) is 3. The second-order valence-electron chi connectivity index (χ2n) is 7.32. The van der Waals surface area contributed by atoms with Crippen LogP contribution < -0.4 is 10.6 Å². The van der Waals surface area contributed by atoms with Crippen LogP contribution in [0.5, 0.6) is 0 Å². The molecule has 138 valence electrons. The van der Waals surface area contributed by atoms with E-state index in [2.05, 4.69) is 57.8 Å². The zero-order valence-electron chi connectivity index (χ0n) is 15.4. The monoisotopic (exact) mass is 344 g/mol. The van der Waals surface area contributed by atoms with Crippen molar-refractivity contribution in [2.24, 2.45) is 4.99 Å². The summed E-state index contributed by atoms with van der Waals surface area (Å²) in [5.41, 5.74) is 0.779. The van der Waals surface area contributed by atoms with Gasteiger partial charge in [-0.1, -0.05) is 30.3 Å². The summed E-state index contributed by atoms with van der Waals surface area (Å²) in [4.78, 5) is 7.19. The van der Waals surface area contributed by atoms with Gasteiger partial charge in [0, 0.05) is 13.1 Å². The van der Waals surface area contributed by atoms with Crippen LogP contribution in [0.2, 0.25) is 0 Å². The minimum absolute atomic E-state index is 0.361. The molecule has 1 aromatic carbocycles. The highest BCUT2D eigenvalue weighted by Crippen LogP contribution is 2.31. The fraction of sp³-hybridized carbons (Fsp3) is 0.650. The van der Waals surface area contributed by atoms with Gasteiger partial charge in [-0.2, -0.15) is 0 Å². The van der Waals surface area contributed by atoms with Crippen LogP contribution in [-0.4, -0.2) is 54.3 Å². The van der Waals surface area contributed by atoms with Crippen LogP contribution in [0.15, 0.2) is 35.3 Å². The summed E-state index contributed by atoms with van der Waals surface area (Å²) < 4.78 is 0. The third-order valence-corrected chi connectivity index (χ3v) is 5.39. The van der Waals surface area contributed by atoms with Crippen molar-refractivity contribution in [2.75, 3.05) is 32.7 Å². The van der Waals surface area contributed by atoms with Crippen molar-refractivity contribution >= 4 is 5.96 Å². The van der Waals surface area contributed by atoms with Crippen molar-refractivity contribution < 1.29 is 5.11 Å². The third kappa shape index (κ3) is 4.95. The van der Waals surface area contributed by atoms with Crippen LogP contribution >= 0.6 is 0 Å². The Morgan fingerprint density at radius 2 is 1.88 bits per heavy atom. The largest absolute Gasteiger partial charge is 0.388 e. The number of likely N-dealkylation sites (tertiary alicyclic amines) is 1. The van der Waals surface area contributed by atoms with E-state index in [1.807, 2.05) is 0 Å². The van der Waals surface area contributed by atoms with E-state index in [0.717, 1.165) is 51.4 Å². The summed E-state index contributed by atoms with van der Waals surface area (Å²) in [5.74, 6) is 0.808. The lowest BCUT2D eigenvalue weighted by molar-refractivity contribution is -0.0236. The quantitative estimate of drug-likeness (QED) is 0.525. The second-order valence-corrected chi connectivity index (χ2v) is 7.32. The molecule has 25 heavy (non-hydrogen) atoms. The fourth-order valence-corrected chi connectivity index (χ4v) is 3.69. The van der Waals surface area contributed by atoms with Gasteiger partial charge in [-0.3, -0.25) is 9.89 Å². The highest BCUT2D eigenvalue weighted by molar-refractivity contribution is 5.79. The van der Waals surface area contributed by atoms with Gasteiger partial charge >= 0.3 is 0 Å². The smallest absolute Gasteiger partial charge is 0.191 e. The average molecular weight is 345 g/mol. The van der Waals surface area contributed by atoms with Crippen molar-refractivity contribution in [2.45, 2.75) is 50.7 Å². The molecule has 0 bridgehead atoms. The van der Waals surface area contributed by atoms with Gasteiger partial charge in [0.1, 0.15) is 0 Å². The number of nitrogens with one attached hydrogen (secondary N) is 2. The maximum atomic E-state index is 10.3. The predicted octanol–water partition coefficient (Wildman–Crippen LogP) is 2.29. The first-order valence-electron chi connectivity index (χ1n) is 9.74. The molecule has 1 atom stereocenters. The first-order valence-corrected chi connectivity index (χ1v) is 9.74. The molecular weight excluding hydrogens is 312 g/mol. The van der Waals surface area contributed by atoms with Crippen molar-refractivity contribution in [3.8, 4) is 0 Å². The molecule has 0 aromatic heterocycles. The van der Waals surface area contributed by atoms with Crippen molar-refractivity contribution in [1.29, 1.82) is 0 Å². The van der Waals surface area contributed by atoms with Gasteiger partial charge in [-0.05, 0) is 57.7 Å². The standard InChI is InChI=1S/C20H32N4O/c1-2-21-19(23-16-20(25)11-8-12-20)22-15-18(24-13-6-7-14-24)17-9-4-3-5-10-17/h3-5,9-10,18,25H,2,6-8,11-16H2,1H3,(H2,21,22,23). The first-order chi connectivity index (χ1) is 12.2. The Morgan fingerprint density at radius 3 is 2.48 bits per heavy atom. The van der Waals surface area contributed by atoms with Crippen LogP contribution in [0, 0.1) is 0 Å². The van der Waals surface area contributed by atoms with Crippen molar-refractivity contribution in [1.82, 2.24) is 15.5 Å². The molecule has 3 N–H and O–H groups in total. The third-order valence-electron chi connectivity index (χ3n) is 5.39. The molecule has 3 rings (SSSR count). The number of nitrogens with zero attached hydrogens (tertiary/aromatic N) is 2. The first kappa shape index (κ1) is 18.2. The fourth-order valence-electron chi connectivity index (χ4n) is 3.69. The summed E-state index contributed by atoms with van der Waals surface area (Å²) in [6, 6.07) is 11.1. The molecule has 1 saturated heterocycles. The van der Waals surface area contributed by atoms with Gasteiger partial charge in [0.2, 0.25) is 0 Å². The molecule has 2 fully saturated rings. The Kier molecular flexibility index (Phi) is 6.32. The van der Waals surface area contributed by atoms with E-state index >= 15 is 0 Å². The highest BCUT2D eigenvalue weighted by Gasteiger charge is 2.34. The molecule has 5 heteroatoms. The minimum atomic E-state index is -0.573. The van der Waals surface area contributed by atoms with Crippen LogP contribution in [0.1, 0.15) is 50.6 Å². The van der Waals surface area contributed by atoms with Gasteiger partial charge < -0.3 is 15.7 Å². The molecular formula is C20H32N4O. The lowest BCUT2D eigenvalue weighted by atomic mass is 9.80. The van der Waals surface area contributed by atoms with Crippen molar-refractivity contribution in [3.05, 3.63) is 35.9 Å². The number of benzene rings is 1. The second kappa shape index (κ2) is 8.68. The maximum absolute atomic E-state index is 10.3. The number of aliphatic hydroxyl groups is 1. The van der Waals surface area contributed by atoms with Gasteiger partial charge in [0.15, 0.2) is 5.96 Å². The van der Waals surface area contributed by atoms with Gasteiger partial charge in [0.05, 0.1) is 18.2 Å². The lowest BCUT2D eigenvalue weighted by Gasteiger charge is -2.35. The summed E-state index contributed by atoms with van der Waals surface area (Å²) >= 11 is 0. The Balaban J connectivity index is 1.64. The molecule has 1 unspecified atom stereocenters. The zero-order chi connectivity index (χ0) is 17.5. The van der Waals surface area contributed by atoms with Crippen molar-refractivity contribution in [3.63, 3.8) is 0 Å². The molecule has 0 radical (unpaired) electrons. The van der Waals surface area contributed by atoms with Gasteiger partial charge in [0.25, 0.3) is 0 Å². The van der Waals surface area contributed by atoms with E-state index in [1.165, 1.54) is 18.4 Å². The average Bonchev–Trinajstić information content (AvgIpc) is 3.13. The van der Waals surface area contributed by atoms with Crippen LogP contribution in [0.3, 0.4) is 0 Å². The number of guanidine groups is 1. The molecule has 1 aromatic rings. The van der Waals surface area contributed by atoms with E-state index in [1.54, 1.807) is 0 Å². The zero-order valence-corrected chi connectivity index (χ0v) is 15.4. The molecule has 1 aliphatic heterocycles. The predicted molar refractivity (Wildman–Crippen MR) is 103 cm³/mol. The van der Waals surface area contributed by atoms with E-state index < -0.39 is 5.60 Å². The lowest BCUT2D eigenvalue weighted by Crippen LogP contribution is -2.45. The molecule has 1 heterocycles. The summed E-state index contributed by atoms with van der Waals surface area (Å²) in [5, 5.41) is 17.1. The topological polar surface area (TPSA) is 59.9 Å². The maximum Gasteiger partial charge on any atom is 0.191 e. The van der Waals surface area contributed by atoms with E-state index in [9.17, 15) is 5.11 Å².